The molecule has 38 heavy (non-hydrogen) atoms. The summed E-state index contributed by atoms with van der Waals surface area (Å²) in [6, 6.07) is 14.6. The van der Waals surface area contributed by atoms with E-state index in [1.54, 1.807) is 42.7 Å². The lowest BCUT2D eigenvalue weighted by molar-refractivity contribution is -0.384. The van der Waals surface area contributed by atoms with Crippen LogP contribution in [0.3, 0.4) is 0 Å². The van der Waals surface area contributed by atoms with Crippen LogP contribution in [0, 0.1) is 10.1 Å². The summed E-state index contributed by atoms with van der Waals surface area (Å²) in [5.74, 6) is 0.141. The van der Waals surface area contributed by atoms with Crippen LogP contribution < -0.4 is 5.43 Å². The number of nitro benzene ring substituents is 1. The van der Waals surface area contributed by atoms with E-state index in [0.29, 0.717) is 44.0 Å². The molecule has 2 aromatic carbocycles. The van der Waals surface area contributed by atoms with Crippen molar-refractivity contribution in [1.82, 2.24) is 25.2 Å². The highest BCUT2D eigenvalue weighted by atomic mass is 35.5. The molecule has 5 aromatic rings. The van der Waals surface area contributed by atoms with Crippen molar-refractivity contribution in [3.8, 4) is 11.4 Å². The van der Waals surface area contributed by atoms with E-state index in [1.807, 2.05) is 23.6 Å². The summed E-state index contributed by atoms with van der Waals surface area (Å²) in [5.41, 5.74) is 4.06. The maximum absolute atomic E-state index is 12.6. The number of rotatable bonds is 8. The summed E-state index contributed by atoms with van der Waals surface area (Å²) in [6.07, 6.45) is 4.69. The Bertz CT molecular complexity index is 1680. The van der Waals surface area contributed by atoms with Gasteiger partial charge in [-0.3, -0.25) is 19.9 Å². The van der Waals surface area contributed by atoms with Crippen molar-refractivity contribution >= 4 is 52.1 Å². The molecule has 3 aromatic heterocycles. The van der Waals surface area contributed by atoms with Crippen LogP contribution in [0.2, 0.25) is 5.02 Å². The fraction of sp³-hybridized carbons (Fsp3) is 0.0800. The molecule has 1 N–H and O–H groups in total. The number of carbonyl (C=O) groups excluding carboxylic acids is 1. The Hall–Kier alpha value is -4.55. The largest absolute Gasteiger partial charge is 0.451 e. The molecule has 0 saturated heterocycles. The van der Waals surface area contributed by atoms with Gasteiger partial charge in [0.25, 0.3) is 5.69 Å². The van der Waals surface area contributed by atoms with E-state index in [4.69, 9.17) is 16.0 Å². The van der Waals surface area contributed by atoms with E-state index >= 15 is 0 Å². The maximum atomic E-state index is 12.6. The van der Waals surface area contributed by atoms with Gasteiger partial charge in [0, 0.05) is 57.5 Å². The van der Waals surface area contributed by atoms with E-state index in [2.05, 4.69) is 25.7 Å². The van der Waals surface area contributed by atoms with Crippen molar-refractivity contribution in [1.29, 1.82) is 0 Å². The molecule has 0 bridgehead atoms. The number of halogens is 1. The molecular formula is C25H18ClN7O4S. The number of aromatic nitrogens is 4. The van der Waals surface area contributed by atoms with Gasteiger partial charge < -0.3 is 8.98 Å². The third-order valence-electron chi connectivity index (χ3n) is 5.45. The number of hydrogen-bond acceptors (Lipinski definition) is 9. The Labute approximate surface area is 224 Å². The van der Waals surface area contributed by atoms with Gasteiger partial charge in [0.15, 0.2) is 16.7 Å². The smallest absolute Gasteiger partial charge is 0.307 e. The van der Waals surface area contributed by atoms with Gasteiger partial charge in [-0.15, -0.1) is 10.2 Å². The van der Waals surface area contributed by atoms with Crippen molar-refractivity contribution in [2.24, 2.45) is 5.10 Å². The molecule has 190 valence electrons. The van der Waals surface area contributed by atoms with E-state index in [-0.39, 0.29) is 11.4 Å². The van der Waals surface area contributed by atoms with Crippen LogP contribution in [0.25, 0.3) is 22.4 Å². The molecule has 1 amide bonds. The Kier molecular flexibility index (Phi) is 7.15. The summed E-state index contributed by atoms with van der Waals surface area (Å²) in [4.78, 5) is 28.1. The molecule has 0 aliphatic rings. The second-order valence-corrected chi connectivity index (χ2v) is 9.31. The Morgan fingerprint density at radius 2 is 2.00 bits per heavy atom. The van der Waals surface area contributed by atoms with Crippen LogP contribution in [0.4, 0.5) is 5.69 Å². The molecule has 3 heterocycles. The summed E-state index contributed by atoms with van der Waals surface area (Å²) in [6.45, 7) is 2.57. The maximum Gasteiger partial charge on any atom is 0.307 e. The predicted octanol–water partition coefficient (Wildman–Crippen LogP) is 5.58. The highest BCUT2D eigenvalue weighted by Crippen LogP contribution is 2.33. The number of fused-ring (bicyclic) bond motifs is 1. The molecule has 5 rings (SSSR count). The van der Waals surface area contributed by atoms with Crippen LogP contribution >= 0.6 is 23.4 Å². The number of carbonyl (C=O) groups is 1. The molecule has 13 heteroatoms. The average molecular weight is 548 g/mol. The number of benzene rings is 2. The third kappa shape index (κ3) is 5.26. The van der Waals surface area contributed by atoms with Crippen LogP contribution in [-0.4, -0.2) is 36.8 Å². The highest BCUT2D eigenvalue weighted by molar-refractivity contribution is 7.99. The lowest BCUT2D eigenvalue weighted by Crippen LogP contribution is -2.16. The molecular weight excluding hydrogens is 530 g/mol. The van der Waals surface area contributed by atoms with Gasteiger partial charge in [0.2, 0.25) is 0 Å². The van der Waals surface area contributed by atoms with Gasteiger partial charge in [-0.1, -0.05) is 11.6 Å². The van der Waals surface area contributed by atoms with Gasteiger partial charge in [0.1, 0.15) is 5.58 Å². The van der Waals surface area contributed by atoms with Gasteiger partial charge in [-0.2, -0.15) is 5.10 Å². The molecule has 0 atom stereocenters. The molecule has 0 radical (unpaired) electrons. The minimum atomic E-state index is -0.582. The summed E-state index contributed by atoms with van der Waals surface area (Å²) in [5, 5.41) is 25.8. The third-order valence-corrected chi connectivity index (χ3v) is 6.76. The Morgan fingerprint density at radius 1 is 1.18 bits per heavy atom. The summed E-state index contributed by atoms with van der Waals surface area (Å²) in [7, 11) is 0. The first kappa shape index (κ1) is 25.1. The minimum absolute atomic E-state index is 0.0488. The number of amides is 1. The first-order chi connectivity index (χ1) is 18.4. The molecule has 0 unspecified atom stereocenters. The fourth-order valence-corrected chi connectivity index (χ4v) is 4.80. The SMILES string of the molecule is CCn1c(Sc2ccc([N+](=O)[O-])cc2/C=N/NC(=O)c2cc3cc(Cl)ccc3o2)nnc1-c1ccncc1. The summed E-state index contributed by atoms with van der Waals surface area (Å²) < 4.78 is 7.47. The number of non-ortho nitro benzene ring substituents is 1. The minimum Gasteiger partial charge on any atom is -0.451 e. The number of pyridine rings is 1. The van der Waals surface area contributed by atoms with Crippen LogP contribution in [0.5, 0.6) is 0 Å². The number of nitrogens with zero attached hydrogens (tertiary/aromatic N) is 6. The van der Waals surface area contributed by atoms with E-state index in [1.165, 1.54) is 30.1 Å². The zero-order valence-corrected chi connectivity index (χ0v) is 21.3. The van der Waals surface area contributed by atoms with Gasteiger partial charge in [-0.05, 0) is 61.2 Å². The van der Waals surface area contributed by atoms with Crippen molar-refractivity contribution in [3.63, 3.8) is 0 Å². The zero-order chi connectivity index (χ0) is 26.6. The first-order valence-electron chi connectivity index (χ1n) is 11.3. The second-order valence-electron chi connectivity index (χ2n) is 7.86. The average Bonchev–Trinajstić information content (AvgIpc) is 3.53. The van der Waals surface area contributed by atoms with Gasteiger partial charge in [-0.25, -0.2) is 5.43 Å². The standard InChI is InChI=1S/C25H18ClN7O4S/c1-2-32-23(15-7-9-27-10-8-15)29-31-25(32)38-22-6-4-19(33(35)36)12-17(22)14-28-30-24(34)21-13-16-11-18(26)3-5-20(16)37-21/h3-14H,2H2,1H3,(H,30,34)/b28-14+. The number of furan rings is 1. The van der Waals surface area contributed by atoms with Crippen LogP contribution in [0.1, 0.15) is 23.0 Å². The molecule has 0 aliphatic heterocycles. The van der Waals surface area contributed by atoms with E-state index in [0.717, 1.165) is 5.56 Å². The lowest BCUT2D eigenvalue weighted by atomic mass is 10.2. The van der Waals surface area contributed by atoms with Crippen molar-refractivity contribution in [2.45, 2.75) is 23.5 Å². The predicted molar refractivity (Wildman–Crippen MR) is 142 cm³/mol. The topological polar surface area (TPSA) is 141 Å². The molecule has 0 fully saturated rings. The van der Waals surface area contributed by atoms with Crippen molar-refractivity contribution < 1.29 is 14.1 Å². The van der Waals surface area contributed by atoms with Crippen molar-refractivity contribution in [3.05, 3.63) is 93.5 Å². The highest BCUT2D eigenvalue weighted by Gasteiger charge is 2.17. The van der Waals surface area contributed by atoms with E-state index < -0.39 is 10.8 Å². The fourth-order valence-electron chi connectivity index (χ4n) is 3.65. The van der Waals surface area contributed by atoms with Crippen LogP contribution in [-0.2, 0) is 6.54 Å². The Balaban J connectivity index is 1.40. The lowest BCUT2D eigenvalue weighted by Gasteiger charge is -2.09. The molecule has 11 nitrogen and oxygen atoms in total. The van der Waals surface area contributed by atoms with E-state index in [9.17, 15) is 14.9 Å². The molecule has 0 aliphatic carbocycles. The zero-order valence-electron chi connectivity index (χ0n) is 19.7. The number of nitro groups is 1. The quantitative estimate of drug-likeness (QED) is 0.151. The molecule has 0 saturated carbocycles. The monoisotopic (exact) mass is 547 g/mol. The van der Waals surface area contributed by atoms with Crippen LogP contribution in [0.15, 0.2) is 86.6 Å². The molecule has 0 spiro atoms. The number of hydrazone groups is 1. The first-order valence-corrected chi connectivity index (χ1v) is 12.4. The van der Waals surface area contributed by atoms with Crippen molar-refractivity contribution in [2.75, 3.05) is 0 Å². The Morgan fingerprint density at radius 3 is 2.76 bits per heavy atom. The number of hydrogen-bond donors (Lipinski definition) is 1. The number of nitrogens with one attached hydrogen (secondary N) is 1. The van der Waals surface area contributed by atoms with Gasteiger partial charge >= 0.3 is 5.91 Å². The normalized spacial score (nSPS) is 11.3. The van der Waals surface area contributed by atoms with Gasteiger partial charge in [0.05, 0.1) is 11.1 Å². The second kappa shape index (κ2) is 10.8. The summed E-state index contributed by atoms with van der Waals surface area (Å²) >= 11 is 7.27.